The highest BCUT2D eigenvalue weighted by Gasteiger charge is 2.21. The van der Waals surface area contributed by atoms with Crippen LogP contribution in [0.15, 0.2) is 18.2 Å². The number of hydrogen-bond donors (Lipinski definition) is 2. The van der Waals surface area contributed by atoms with Gasteiger partial charge < -0.3 is 15.5 Å². The van der Waals surface area contributed by atoms with Crippen molar-refractivity contribution in [1.29, 1.82) is 0 Å². The molecule has 0 aromatic heterocycles. The minimum atomic E-state index is -0.718. The van der Waals surface area contributed by atoms with E-state index >= 15 is 0 Å². The zero-order valence-electron chi connectivity index (χ0n) is 13.1. The average Bonchev–Trinajstić information content (AvgIpc) is 2.44. The van der Waals surface area contributed by atoms with E-state index in [9.17, 15) is 18.4 Å². The van der Waals surface area contributed by atoms with E-state index < -0.39 is 29.7 Å². The summed E-state index contributed by atoms with van der Waals surface area (Å²) >= 11 is 0. The number of likely N-dealkylation sites (N-methyl/N-ethyl adjacent to an activating group) is 1. The molecule has 1 aromatic rings. The van der Waals surface area contributed by atoms with Gasteiger partial charge in [-0.25, -0.2) is 13.6 Å². The van der Waals surface area contributed by atoms with Gasteiger partial charge in [0, 0.05) is 25.7 Å². The van der Waals surface area contributed by atoms with Gasteiger partial charge in [-0.2, -0.15) is 0 Å². The molecule has 3 amide bonds. The topological polar surface area (TPSA) is 61.4 Å². The van der Waals surface area contributed by atoms with E-state index in [-0.39, 0.29) is 11.5 Å². The molecule has 0 heterocycles. The van der Waals surface area contributed by atoms with Crippen LogP contribution < -0.4 is 10.6 Å². The molecule has 2 atom stereocenters. The predicted molar refractivity (Wildman–Crippen MR) is 79.2 cm³/mol. The van der Waals surface area contributed by atoms with Crippen molar-refractivity contribution in [3.63, 3.8) is 0 Å². The molecule has 0 unspecified atom stereocenters. The van der Waals surface area contributed by atoms with Gasteiger partial charge in [-0.1, -0.05) is 13.0 Å². The number of halogens is 2. The fraction of sp³-hybridized carbons (Fsp3) is 0.467. The van der Waals surface area contributed by atoms with E-state index in [0.717, 1.165) is 12.1 Å². The molecule has 5 nitrogen and oxygen atoms in total. The van der Waals surface area contributed by atoms with Gasteiger partial charge in [0.2, 0.25) is 5.91 Å². The molecule has 0 aliphatic rings. The first-order chi connectivity index (χ1) is 10.3. The van der Waals surface area contributed by atoms with Crippen molar-refractivity contribution in [1.82, 2.24) is 15.5 Å². The normalized spacial score (nSPS) is 13.2. The number of rotatable bonds is 5. The van der Waals surface area contributed by atoms with Crippen LogP contribution in [0, 0.1) is 11.6 Å². The molecular weight excluding hydrogens is 292 g/mol. The lowest BCUT2D eigenvalue weighted by Gasteiger charge is -2.22. The molecule has 0 fully saturated rings. The molecule has 0 bridgehead atoms. The fourth-order valence-corrected chi connectivity index (χ4v) is 2.03. The molecule has 1 rings (SSSR count). The Kier molecular flexibility index (Phi) is 6.27. The van der Waals surface area contributed by atoms with Crippen LogP contribution >= 0.6 is 0 Å². The van der Waals surface area contributed by atoms with Crippen LogP contribution in [0.25, 0.3) is 0 Å². The number of carbonyl (C=O) groups excluding carboxylic acids is 2. The van der Waals surface area contributed by atoms with Gasteiger partial charge in [0.1, 0.15) is 17.7 Å². The standard InChI is InChI=1S/C15H21F2N3O2/c1-5-13(11-7-6-10(16)8-12(11)17)19-15(22)18-9(2)14(21)20(3)4/h6-9,13H,5H2,1-4H3,(H2,18,19,22)/t9-,13+/m1/s1. The van der Waals surface area contributed by atoms with Crippen molar-refractivity contribution in [3.8, 4) is 0 Å². The minimum Gasteiger partial charge on any atom is -0.347 e. The Morgan fingerprint density at radius 3 is 2.36 bits per heavy atom. The van der Waals surface area contributed by atoms with Crippen molar-refractivity contribution in [3.05, 3.63) is 35.4 Å². The van der Waals surface area contributed by atoms with Crippen LogP contribution in [0.3, 0.4) is 0 Å². The van der Waals surface area contributed by atoms with Gasteiger partial charge in [-0.05, 0) is 19.4 Å². The van der Waals surface area contributed by atoms with Gasteiger partial charge in [-0.15, -0.1) is 0 Å². The Morgan fingerprint density at radius 1 is 1.23 bits per heavy atom. The van der Waals surface area contributed by atoms with Crippen molar-refractivity contribution in [2.45, 2.75) is 32.4 Å². The summed E-state index contributed by atoms with van der Waals surface area (Å²) in [4.78, 5) is 25.0. The van der Waals surface area contributed by atoms with Gasteiger partial charge in [0.15, 0.2) is 0 Å². The second-order valence-electron chi connectivity index (χ2n) is 5.20. The third kappa shape index (κ3) is 4.68. The molecule has 2 N–H and O–H groups in total. The van der Waals surface area contributed by atoms with Crippen LogP contribution in [-0.4, -0.2) is 37.0 Å². The van der Waals surface area contributed by atoms with E-state index in [2.05, 4.69) is 10.6 Å². The maximum Gasteiger partial charge on any atom is 0.315 e. The van der Waals surface area contributed by atoms with Crippen LogP contribution in [-0.2, 0) is 4.79 Å². The molecule has 0 aliphatic heterocycles. The van der Waals surface area contributed by atoms with Crippen molar-refractivity contribution < 1.29 is 18.4 Å². The Morgan fingerprint density at radius 2 is 1.86 bits per heavy atom. The maximum atomic E-state index is 13.8. The largest absolute Gasteiger partial charge is 0.347 e. The van der Waals surface area contributed by atoms with E-state index in [0.29, 0.717) is 6.42 Å². The summed E-state index contributed by atoms with van der Waals surface area (Å²) in [6.45, 7) is 3.32. The number of hydrogen-bond acceptors (Lipinski definition) is 2. The number of benzene rings is 1. The molecule has 22 heavy (non-hydrogen) atoms. The van der Waals surface area contributed by atoms with Crippen LogP contribution in [0.2, 0.25) is 0 Å². The van der Waals surface area contributed by atoms with Gasteiger partial charge >= 0.3 is 6.03 Å². The van der Waals surface area contributed by atoms with Crippen molar-refractivity contribution >= 4 is 11.9 Å². The van der Waals surface area contributed by atoms with Crippen LogP contribution in [0.5, 0.6) is 0 Å². The summed E-state index contributed by atoms with van der Waals surface area (Å²) in [6, 6.07) is 1.31. The SMILES string of the molecule is CC[C@H](NC(=O)N[C@H](C)C(=O)N(C)C)c1ccc(F)cc1F. The average molecular weight is 313 g/mol. The third-order valence-corrected chi connectivity index (χ3v) is 3.21. The Hall–Kier alpha value is -2.18. The Bertz CT molecular complexity index is 550. The summed E-state index contributed by atoms with van der Waals surface area (Å²) in [5.74, 6) is -1.65. The molecule has 0 spiro atoms. The predicted octanol–water partition coefficient (Wildman–Crippen LogP) is 2.19. The molecular formula is C15H21F2N3O2. The summed E-state index contributed by atoms with van der Waals surface area (Å²) in [7, 11) is 3.17. The van der Waals surface area contributed by atoms with Gasteiger partial charge in [-0.3, -0.25) is 4.79 Å². The smallest absolute Gasteiger partial charge is 0.315 e. The zero-order valence-corrected chi connectivity index (χ0v) is 13.1. The summed E-state index contributed by atoms with van der Waals surface area (Å²) in [5, 5.41) is 5.07. The fourth-order valence-electron chi connectivity index (χ4n) is 2.03. The highest BCUT2D eigenvalue weighted by Crippen LogP contribution is 2.20. The molecule has 7 heteroatoms. The molecule has 1 aromatic carbocycles. The first-order valence-corrected chi connectivity index (χ1v) is 6.99. The monoisotopic (exact) mass is 313 g/mol. The van der Waals surface area contributed by atoms with Crippen molar-refractivity contribution in [2.75, 3.05) is 14.1 Å². The number of urea groups is 1. The summed E-state index contributed by atoms with van der Waals surface area (Å²) in [6.07, 6.45) is 0.423. The number of carbonyl (C=O) groups is 2. The highest BCUT2D eigenvalue weighted by molar-refractivity contribution is 5.86. The summed E-state index contributed by atoms with van der Waals surface area (Å²) in [5.41, 5.74) is 0.200. The van der Waals surface area contributed by atoms with Crippen LogP contribution in [0.1, 0.15) is 31.9 Å². The van der Waals surface area contributed by atoms with Gasteiger partial charge in [0.25, 0.3) is 0 Å². The first-order valence-electron chi connectivity index (χ1n) is 6.99. The Labute approximate surface area is 128 Å². The quantitative estimate of drug-likeness (QED) is 0.875. The highest BCUT2D eigenvalue weighted by atomic mass is 19.1. The van der Waals surface area contributed by atoms with E-state index in [1.165, 1.54) is 11.0 Å². The molecule has 0 aliphatic carbocycles. The molecule has 0 saturated heterocycles. The lowest BCUT2D eigenvalue weighted by Crippen LogP contribution is -2.48. The summed E-state index contributed by atoms with van der Waals surface area (Å²) < 4.78 is 26.7. The zero-order chi connectivity index (χ0) is 16.9. The van der Waals surface area contributed by atoms with Crippen LogP contribution in [0.4, 0.5) is 13.6 Å². The maximum absolute atomic E-state index is 13.8. The van der Waals surface area contributed by atoms with E-state index in [1.807, 2.05) is 0 Å². The number of amides is 3. The molecule has 0 radical (unpaired) electrons. The number of nitrogens with zero attached hydrogens (tertiary/aromatic N) is 1. The third-order valence-electron chi connectivity index (χ3n) is 3.21. The van der Waals surface area contributed by atoms with Gasteiger partial charge in [0.05, 0.1) is 6.04 Å². The lowest BCUT2D eigenvalue weighted by atomic mass is 10.0. The van der Waals surface area contributed by atoms with E-state index in [4.69, 9.17) is 0 Å². The second kappa shape index (κ2) is 7.72. The van der Waals surface area contributed by atoms with Crippen molar-refractivity contribution in [2.24, 2.45) is 0 Å². The molecule has 122 valence electrons. The molecule has 0 saturated carbocycles. The minimum absolute atomic E-state index is 0.200. The number of nitrogens with one attached hydrogen (secondary N) is 2. The van der Waals surface area contributed by atoms with E-state index in [1.54, 1.807) is 27.9 Å². The second-order valence-corrected chi connectivity index (χ2v) is 5.20. The lowest BCUT2D eigenvalue weighted by molar-refractivity contribution is -0.130. The Balaban J connectivity index is 2.74. The first kappa shape index (κ1) is 17.9.